The molecule has 0 N–H and O–H groups in total. The monoisotopic (exact) mass is 1920 g/mol. The number of rotatable bonds is 32. The van der Waals surface area contributed by atoms with E-state index in [2.05, 4.69) is 334 Å². The zero-order valence-corrected chi connectivity index (χ0v) is 84.5. The number of nitro benzene ring substituents is 1. The quantitative estimate of drug-likeness (QED) is 0.0292. The van der Waals surface area contributed by atoms with Crippen LogP contribution in [0.3, 0.4) is 0 Å². The van der Waals surface area contributed by atoms with Gasteiger partial charge in [0.2, 0.25) is 0 Å². The molecular weight excluding hydrogens is 1790 g/mol. The van der Waals surface area contributed by atoms with Gasteiger partial charge in [0.25, 0.3) is 5.69 Å². The summed E-state index contributed by atoms with van der Waals surface area (Å²) >= 11 is 0. The standard InChI is InChI=1S/C25H23NO.C23H21NO.C23H27NO.C20H21NO.C19H18FNO.C19H18N2O3/c1-26(18-23-19-27-25-12-6-5-11-24(23)25)17-7-8-20-13-15-22(16-14-20)21-9-3-2-4-10-21;1-24(16-21-17-25-23-11-5-4-10-22(21)23)14-6-7-18-12-13-19-8-2-3-9-20(19)15-18;1-23(2,3)20-13-11-18(12-14-20)8-7-15-24(4)16-19-17-25-22-10-6-5-9-21(19)22;1-16-8-3-4-9-17(16)10-7-13-21(2)14-18-15-22-20-12-6-5-11-19(18)20;1-21(12-6-8-15-7-2-4-10-18(15)20)13-16-14-22-19-11-5-3-9-17(16)19;1-20(13-16-14-24-19-10-3-2-9-18(16)19)11-5-7-15-6-4-8-17(12-15)21(22)23/h2-16,19H,17-18H2,1H3;2-13,15,17H,14,16H2,1H3;5-14,17H,15-16H2,1-4H3;3-12,15H,13-14H2,1-2H3;2-11,14H,12-13H2,1H3;2-10,12,14H,11,13H2,1H3/b8-7+;7-6+;8-7+;10-7+;8-6+;7-5+. The molecule has 16 heteroatoms. The van der Waals surface area contributed by atoms with Crippen molar-refractivity contribution in [1.82, 2.24) is 29.4 Å². The molecule has 20 aromatic rings. The second-order valence-electron chi connectivity index (χ2n) is 37.8. The number of fused-ring (bicyclic) bond motifs is 7. The Morgan fingerprint density at radius 2 is 0.572 bits per heavy atom. The van der Waals surface area contributed by atoms with Gasteiger partial charge in [-0.15, -0.1) is 0 Å². The van der Waals surface area contributed by atoms with E-state index in [1.54, 1.807) is 30.5 Å². The van der Waals surface area contributed by atoms with Gasteiger partial charge in [-0.25, -0.2) is 4.39 Å². The van der Waals surface area contributed by atoms with Crippen LogP contribution in [0.2, 0.25) is 0 Å². The number of para-hydroxylation sites is 6. The Bertz CT molecular complexity index is 7580. The lowest BCUT2D eigenvalue weighted by Crippen LogP contribution is -2.17. The van der Waals surface area contributed by atoms with Gasteiger partial charge in [0.05, 0.1) is 42.5 Å². The summed E-state index contributed by atoms with van der Waals surface area (Å²) in [6.45, 7) is 19.0. The van der Waals surface area contributed by atoms with E-state index < -0.39 is 0 Å². The van der Waals surface area contributed by atoms with Gasteiger partial charge in [0.1, 0.15) is 39.3 Å². The van der Waals surface area contributed by atoms with Crippen molar-refractivity contribution in [2.75, 3.05) is 81.6 Å². The number of halogens is 1. The highest BCUT2D eigenvalue weighted by Gasteiger charge is 2.17. The number of nitro groups is 1. The second-order valence-corrected chi connectivity index (χ2v) is 37.8. The van der Waals surface area contributed by atoms with E-state index in [0.29, 0.717) is 5.56 Å². The molecule has 145 heavy (non-hydrogen) atoms. The number of hydrogen-bond donors (Lipinski definition) is 0. The number of hydrogen-bond acceptors (Lipinski definition) is 14. The van der Waals surface area contributed by atoms with E-state index in [1.165, 1.54) is 111 Å². The van der Waals surface area contributed by atoms with Crippen molar-refractivity contribution in [3.8, 4) is 11.1 Å². The number of aryl methyl sites for hydroxylation is 1. The predicted octanol–water partition coefficient (Wildman–Crippen LogP) is 31.9. The lowest BCUT2D eigenvalue weighted by atomic mass is 9.87. The van der Waals surface area contributed by atoms with Crippen LogP contribution in [-0.2, 0) is 44.7 Å². The summed E-state index contributed by atoms with van der Waals surface area (Å²) in [4.78, 5) is 23.9. The summed E-state index contributed by atoms with van der Waals surface area (Å²) in [5, 5.41) is 20.4. The molecule has 0 saturated heterocycles. The first kappa shape index (κ1) is 103. The zero-order chi connectivity index (χ0) is 101. The topological polar surface area (TPSA) is 141 Å². The molecule has 734 valence electrons. The summed E-state index contributed by atoms with van der Waals surface area (Å²) in [5.74, 6) is -0.192. The Hall–Kier alpha value is -15.9. The van der Waals surface area contributed by atoms with E-state index in [9.17, 15) is 14.5 Å². The minimum atomic E-state index is -0.381. The number of likely N-dealkylation sites (N-methyl/N-ethyl adjacent to an activating group) is 6. The number of furan rings is 6. The SMILES string of the molecule is CN(C/C=C/c1ccc(-c2ccccc2)cc1)Cc1coc2ccccc12.CN(C/C=C/c1ccc(C(C)(C)C)cc1)Cc1coc2ccccc12.CN(C/C=C/c1ccc2ccccc2c1)Cc1coc2ccccc12.CN(C/C=C/c1cccc([N+](=O)[O-])c1)Cc1coc2ccccc12.CN(C/C=C/c1ccccc1F)Cc1coc2ccccc12.Cc1ccccc1/C=C/CN(C)Cc1coc2ccccc12. The summed E-state index contributed by atoms with van der Waals surface area (Å²) in [7, 11) is 12.6. The van der Waals surface area contributed by atoms with Gasteiger partial charge in [-0.2, -0.15) is 0 Å². The molecule has 0 aliphatic heterocycles. The highest BCUT2D eigenvalue weighted by Crippen LogP contribution is 2.31. The summed E-state index contributed by atoms with van der Waals surface area (Å²) in [6, 6.07) is 114. The number of benzene rings is 14. The third kappa shape index (κ3) is 30.6. The Kier molecular flexibility index (Phi) is 37.3. The van der Waals surface area contributed by atoms with Gasteiger partial charge in [0, 0.05) is 162 Å². The van der Waals surface area contributed by atoms with E-state index in [4.69, 9.17) is 26.5 Å². The molecule has 0 bridgehead atoms. The first-order valence-corrected chi connectivity index (χ1v) is 49.2. The molecule has 0 saturated carbocycles. The molecule has 0 unspecified atom stereocenters. The Morgan fingerprint density at radius 3 is 0.938 bits per heavy atom. The molecule has 0 fully saturated rings. The van der Waals surface area contributed by atoms with Crippen LogP contribution in [0.1, 0.15) is 98.7 Å². The van der Waals surface area contributed by atoms with Crippen molar-refractivity contribution in [3.63, 3.8) is 0 Å². The van der Waals surface area contributed by atoms with Crippen LogP contribution in [0.4, 0.5) is 10.1 Å². The smallest absolute Gasteiger partial charge is 0.270 e. The molecule has 6 heterocycles. The van der Waals surface area contributed by atoms with Gasteiger partial charge in [-0.05, 0) is 164 Å². The van der Waals surface area contributed by atoms with Crippen LogP contribution in [0.5, 0.6) is 0 Å². The molecule has 0 aliphatic carbocycles. The molecule has 6 aromatic heterocycles. The van der Waals surface area contributed by atoms with Gasteiger partial charge in [0.15, 0.2) is 0 Å². The van der Waals surface area contributed by atoms with Gasteiger partial charge in [-0.3, -0.25) is 39.5 Å². The van der Waals surface area contributed by atoms with Crippen LogP contribution in [0, 0.1) is 22.9 Å². The molecule has 0 amide bonds. The van der Waals surface area contributed by atoms with Crippen LogP contribution < -0.4 is 0 Å². The average Bonchev–Trinajstić information content (AvgIpc) is 1.76. The van der Waals surface area contributed by atoms with Gasteiger partial charge in [-0.1, -0.05) is 373 Å². The minimum Gasteiger partial charge on any atom is -0.464 e. The molecule has 15 nitrogen and oxygen atoms in total. The normalized spacial score (nSPS) is 11.9. The molecular formula is C129H128FN7O8. The Balaban J connectivity index is 0.000000131. The minimum absolute atomic E-state index is 0.107. The first-order valence-electron chi connectivity index (χ1n) is 49.2. The molecule has 14 aromatic carbocycles. The largest absolute Gasteiger partial charge is 0.464 e. The summed E-state index contributed by atoms with van der Waals surface area (Å²) in [6.07, 6.45) is 36.4. The van der Waals surface area contributed by atoms with Crippen LogP contribution in [0.15, 0.2) is 440 Å². The Morgan fingerprint density at radius 1 is 0.283 bits per heavy atom. The Labute approximate surface area is 851 Å². The maximum absolute atomic E-state index is 13.5. The van der Waals surface area contributed by atoms with Crippen LogP contribution >= 0.6 is 0 Å². The highest BCUT2D eigenvalue weighted by atomic mass is 19.1. The van der Waals surface area contributed by atoms with Crippen molar-refractivity contribution in [2.45, 2.75) is 72.4 Å². The maximum atomic E-state index is 13.5. The zero-order valence-electron chi connectivity index (χ0n) is 84.5. The van der Waals surface area contributed by atoms with Crippen molar-refractivity contribution >= 4 is 119 Å². The van der Waals surface area contributed by atoms with E-state index in [0.717, 1.165) is 139 Å². The van der Waals surface area contributed by atoms with Gasteiger partial charge < -0.3 is 26.5 Å². The van der Waals surface area contributed by atoms with Crippen LogP contribution in [-0.4, -0.2) is 116 Å². The molecule has 20 rings (SSSR count). The van der Waals surface area contributed by atoms with Crippen molar-refractivity contribution in [3.05, 3.63) is 508 Å². The molecule has 0 radical (unpaired) electrons. The fourth-order valence-corrected chi connectivity index (χ4v) is 17.2. The van der Waals surface area contributed by atoms with E-state index in [1.807, 2.05) is 173 Å². The first-order chi connectivity index (χ1) is 70.6. The van der Waals surface area contributed by atoms with Crippen molar-refractivity contribution < 1.29 is 35.8 Å². The lowest BCUT2D eigenvalue weighted by Gasteiger charge is -2.18. The van der Waals surface area contributed by atoms with Crippen LogP contribution in [0.25, 0.3) is 124 Å². The fourth-order valence-electron chi connectivity index (χ4n) is 17.2. The fraction of sp³-hybridized carbons (Fsp3) is 0.178. The average molecular weight is 1920 g/mol. The highest BCUT2D eigenvalue weighted by molar-refractivity contribution is 5.87. The molecule has 0 aliphatic rings. The van der Waals surface area contributed by atoms with Gasteiger partial charge >= 0.3 is 0 Å². The number of nitrogens with zero attached hydrogens (tertiary/aromatic N) is 7. The number of non-ortho nitro benzene ring substituents is 1. The maximum Gasteiger partial charge on any atom is 0.270 e. The third-order valence-electron chi connectivity index (χ3n) is 25.1. The van der Waals surface area contributed by atoms with Crippen molar-refractivity contribution in [2.24, 2.45) is 0 Å². The summed E-state index contributed by atoms with van der Waals surface area (Å²) < 4.78 is 47.1. The summed E-state index contributed by atoms with van der Waals surface area (Å²) in [5.41, 5.74) is 24.8. The van der Waals surface area contributed by atoms with E-state index in [-0.39, 0.29) is 21.8 Å². The van der Waals surface area contributed by atoms with E-state index >= 15 is 0 Å². The lowest BCUT2D eigenvalue weighted by molar-refractivity contribution is -0.384. The predicted molar refractivity (Wildman–Crippen MR) is 601 cm³/mol. The molecule has 0 atom stereocenters. The second kappa shape index (κ2) is 52.2. The molecule has 0 spiro atoms. The van der Waals surface area contributed by atoms with Crippen molar-refractivity contribution in [1.29, 1.82) is 0 Å². The third-order valence-corrected chi connectivity index (χ3v) is 25.1.